The third-order valence-electron chi connectivity index (χ3n) is 3.19. The first-order valence-corrected chi connectivity index (χ1v) is 6.76. The fourth-order valence-electron chi connectivity index (χ4n) is 2.23. The van der Waals surface area contributed by atoms with Gasteiger partial charge in [0.05, 0.1) is 12.5 Å². The van der Waals surface area contributed by atoms with E-state index in [-0.39, 0.29) is 17.9 Å². The highest BCUT2D eigenvalue weighted by Gasteiger charge is 2.29. The summed E-state index contributed by atoms with van der Waals surface area (Å²) < 4.78 is 9.89. The summed E-state index contributed by atoms with van der Waals surface area (Å²) in [7, 11) is 0. The van der Waals surface area contributed by atoms with E-state index in [9.17, 15) is 9.59 Å². The summed E-state index contributed by atoms with van der Waals surface area (Å²) in [6.07, 6.45) is 1.54. The number of urea groups is 1. The molecule has 0 spiro atoms. The molecule has 7 heteroatoms. The first-order chi connectivity index (χ1) is 9.60. The van der Waals surface area contributed by atoms with Crippen LogP contribution in [0.15, 0.2) is 10.6 Å². The molecule has 1 aromatic heterocycles. The van der Waals surface area contributed by atoms with Gasteiger partial charge in [-0.25, -0.2) is 4.79 Å². The van der Waals surface area contributed by atoms with Crippen LogP contribution in [0.1, 0.15) is 25.5 Å². The number of nitrogens with zero attached hydrogens (tertiary/aromatic N) is 2. The maximum atomic E-state index is 12.1. The van der Waals surface area contributed by atoms with E-state index in [0.717, 1.165) is 12.8 Å². The monoisotopic (exact) mass is 281 g/mol. The number of aromatic nitrogens is 1. The number of likely N-dealkylation sites (tertiary alicyclic amines) is 1. The molecule has 1 saturated heterocycles. The van der Waals surface area contributed by atoms with Crippen LogP contribution in [-0.4, -0.2) is 41.8 Å². The predicted molar refractivity (Wildman–Crippen MR) is 71.2 cm³/mol. The summed E-state index contributed by atoms with van der Waals surface area (Å²) in [6, 6.07) is 1.37. The molecule has 0 unspecified atom stereocenters. The topological polar surface area (TPSA) is 84.7 Å². The second-order valence-corrected chi connectivity index (χ2v) is 4.79. The first kappa shape index (κ1) is 14.4. The van der Waals surface area contributed by atoms with Crippen molar-refractivity contribution in [2.24, 2.45) is 5.92 Å². The highest BCUT2D eigenvalue weighted by atomic mass is 16.5. The van der Waals surface area contributed by atoms with E-state index in [1.165, 1.54) is 0 Å². The second kappa shape index (κ2) is 6.40. The van der Waals surface area contributed by atoms with Gasteiger partial charge in [-0.15, -0.1) is 0 Å². The number of aryl methyl sites for hydroxylation is 1. The maximum absolute atomic E-state index is 12.1. The molecule has 1 aromatic rings. The lowest BCUT2D eigenvalue weighted by molar-refractivity contribution is -0.149. The van der Waals surface area contributed by atoms with Gasteiger partial charge in [-0.2, -0.15) is 0 Å². The van der Waals surface area contributed by atoms with Gasteiger partial charge < -0.3 is 14.2 Å². The second-order valence-electron chi connectivity index (χ2n) is 4.79. The van der Waals surface area contributed by atoms with E-state index < -0.39 is 0 Å². The van der Waals surface area contributed by atoms with Crippen LogP contribution in [0.25, 0.3) is 0 Å². The minimum absolute atomic E-state index is 0.234. The number of carbonyl (C=O) groups is 2. The van der Waals surface area contributed by atoms with Crippen molar-refractivity contribution in [3.05, 3.63) is 11.8 Å². The summed E-state index contributed by atoms with van der Waals surface area (Å²) >= 11 is 0. The lowest BCUT2D eigenvalue weighted by Crippen LogP contribution is -2.44. The molecular formula is C13H19N3O4. The number of piperidine rings is 1. The number of carbonyl (C=O) groups excluding carboxylic acids is 2. The minimum atomic E-state index is -0.271. The van der Waals surface area contributed by atoms with Gasteiger partial charge in [0, 0.05) is 19.2 Å². The van der Waals surface area contributed by atoms with E-state index >= 15 is 0 Å². The van der Waals surface area contributed by atoms with Crippen molar-refractivity contribution in [2.45, 2.75) is 26.7 Å². The van der Waals surface area contributed by atoms with Gasteiger partial charge in [0.1, 0.15) is 5.76 Å². The number of amides is 2. The Bertz CT molecular complexity index is 486. The average molecular weight is 281 g/mol. The van der Waals surface area contributed by atoms with Crippen molar-refractivity contribution >= 4 is 17.8 Å². The Balaban J connectivity index is 1.91. The predicted octanol–water partition coefficient (Wildman–Crippen LogP) is 1.79. The third kappa shape index (κ3) is 3.49. The first-order valence-electron chi connectivity index (χ1n) is 6.76. The summed E-state index contributed by atoms with van der Waals surface area (Å²) in [5.74, 6) is 0.532. The van der Waals surface area contributed by atoms with E-state index in [4.69, 9.17) is 9.26 Å². The van der Waals surface area contributed by atoms with Crippen LogP contribution < -0.4 is 5.32 Å². The molecule has 0 aromatic carbocycles. The number of hydrogen-bond donors (Lipinski definition) is 1. The standard InChI is InChI=1S/C13H19N3O4/c1-3-19-12(17)10-5-4-6-16(8-10)13(18)14-11-7-9(2)20-15-11/h7,10H,3-6,8H2,1-2H3,(H,14,15,18)/t10-/m1/s1. The zero-order valence-corrected chi connectivity index (χ0v) is 11.7. The SMILES string of the molecule is CCOC(=O)[C@@H]1CCCN(C(=O)Nc2cc(C)on2)C1. The van der Waals surface area contributed by atoms with Crippen molar-refractivity contribution in [3.63, 3.8) is 0 Å². The number of nitrogens with one attached hydrogen (secondary N) is 1. The molecule has 1 N–H and O–H groups in total. The molecule has 1 fully saturated rings. The van der Waals surface area contributed by atoms with Gasteiger partial charge in [0.25, 0.3) is 0 Å². The lowest BCUT2D eigenvalue weighted by atomic mass is 9.98. The third-order valence-corrected chi connectivity index (χ3v) is 3.19. The van der Waals surface area contributed by atoms with Gasteiger partial charge in [-0.05, 0) is 26.7 Å². The van der Waals surface area contributed by atoms with Gasteiger partial charge in [0.15, 0.2) is 5.82 Å². The van der Waals surface area contributed by atoms with Crippen LogP contribution in [0.3, 0.4) is 0 Å². The fourth-order valence-corrected chi connectivity index (χ4v) is 2.23. The molecule has 0 bridgehead atoms. The highest BCUT2D eigenvalue weighted by molar-refractivity contribution is 5.88. The Hall–Kier alpha value is -2.05. The van der Waals surface area contributed by atoms with Crippen molar-refractivity contribution in [1.82, 2.24) is 10.1 Å². The molecule has 1 atom stereocenters. The molecule has 1 aliphatic rings. The molecule has 110 valence electrons. The lowest BCUT2D eigenvalue weighted by Gasteiger charge is -2.31. The Morgan fingerprint density at radius 2 is 2.40 bits per heavy atom. The fraction of sp³-hybridized carbons (Fsp3) is 0.615. The number of rotatable bonds is 3. The van der Waals surface area contributed by atoms with Crippen LogP contribution in [0, 0.1) is 12.8 Å². The quantitative estimate of drug-likeness (QED) is 0.854. The van der Waals surface area contributed by atoms with Crippen LogP contribution in [0.5, 0.6) is 0 Å². The Morgan fingerprint density at radius 1 is 1.60 bits per heavy atom. The molecule has 2 heterocycles. The molecule has 1 aliphatic heterocycles. The van der Waals surface area contributed by atoms with Gasteiger partial charge in [0.2, 0.25) is 0 Å². The molecule has 7 nitrogen and oxygen atoms in total. The Labute approximate surface area is 117 Å². The molecule has 0 aliphatic carbocycles. The number of hydrogen-bond acceptors (Lipinski definition) is 5. The summed E-state index contributed by atoms with van der Waals surface area (Å²) in [5, 5.41) is 6.36. The van der Waals surface area contributed by atoms with E-state index in [0.29, 0.717) is 31.3 Å². The smallest absolute Gasteiger partial charge is 0.323 e. The van der Waals surface area contributed by atoms with Crippen molar-refractivity contribution < 1.29 is 18.8 Å². The van der Waals surface area contributed by atoms with Gasteiger partial charge in [-0.1, -0.05) is 5.16 Å². The minimum Gasteiger partial charge on any atom is -0.466 e. The van der Waals surface area contributed by atoms with E-state index in [1.807, 2.05) is 0 Å². The van der Waals surface area contributed by atoms with Gasteiger partial charge in [-0.3, -0.25) is 10.1 Å². The summed E-state index contributed by atoms with van der Waals surface area (Å²) in [6.45, 7) is 4.89. The number of ether oxygens (including phenoxy) is 1. The average Bonchev–Trinajstić information content (AvgIpc) is 2.84. The number of esters is 1. The van der Waals surface area contributed by atoms with Crippen LogP contribution in [-0.2, 0) is 9.53 Å². The van der Waals surface area contributed by atoms with Gasteiger partial charge >= 0.3 is 12.0 Å². The molecule has 2 rings (SSSR count). The van der Waals surface area contributed by atoms with E-state index in [1.54, 1.807) is 24.8 Å². The van der Waals surface area contributed by atoms with Crippen molar-refractivity contribution in [2.75, 3.05) is 25.0 Å². The Kier molecular flexibility index (Phi) is 4.60. The largest absolute Gasteiger partial charge is 0.466 e. The normalized spacial score (nSPS) is 18.7. The molecule has 0 saturated carbocycles. The highest BCUT2D eigenvalue weighted by Crippen LogP contribution is 2.19. The zero-order valence-electron chi connectivity index (χ0n) is 11.7. The molecule has 0 radical (unpaired) electrons. The van der Waals surface area contributed by atoms with Crippen LogP contribution in [0.2, 0.25) is 0 Å². The summed E-state index contributed by atoms with van der Waals surface area (Å²) in [5.41, 5.74) is 0. The van der Waals surface area contributed by atoms with Crippen LogP contribution >= 0.6 is 0 Å². The maximum Gasteiger partial charge on any atom is 0.323 e. The molecule has 2 amide bonds. The Morgan fingerprint density at radius 3 is 3.05 bits per heavy atom. The molecular weight excluding hydrogens is 262 g/mol. The van der Waals surface area contributed by atoms with E-state index in [2.05, 4.69) is 10.5 Å². The van der Waals surface area contributed by atoms with Crippen molar-refractivity contribution in [3.8, 4) is 0 Å². The van der Waals surface area contributed by atoms with Crippen LogP contribution in [0.4, 0.5) is 10.6 Å². The van der Waals surface area contributed by atoms with Crippen molar-refractivity contribution in [1.29, 1.82) is 0 Å². The summed E-state index contributed by atoms with van der Waals surface area (Å²) in [4.78, 5) is 25.4. The zero-order chi connectivity index (χ0) is 14.5. The number of anilines is 1. The molecule has 20 heavy (non-hydrogen) atoms.